The van der Waals surface area contributed by atoms with Crippen LogP contribution in [-0.2, 0) is 9.53 Å². The third kappa shape index (κ3) is 4.01. The molecule has 0 bridgehead atoms. The van der Waals surface area contributed by atoms with Crippen LogP contribution in [0, 0.1) is 0 Å². The Morgan fingerprint density at radius 2 is 2.17 bits per heavy atom. The van der Waals surface area contributed by atoms with Gasteiger partial charge in [-0.3, -0.25) is 4.79 Å². The number of halogens is 1. The average molecular weight is 347 g/mol. The molecule has 1 aromatic carbocycles. The van der Waals surface area contributed by atoms with Gasteiger partial charge in [0.25, 0.3) is 0 Å². The maximum absolute atomic E-state index is 11.0. The van der Waals surface area contributed by atoms with Crippen molar-refractivity contribution in [2.75, 3.05) is 31.1 Å². The predicted octanol–water partition coefficient (Wildman–Crippen LogP) is 2.14. The molecule has 1 aliphatic heterocycles. The third-order valence-corrected chi connectivity index (χ3v) is 4.17. The Morgan fingerprint density at radius 1 is 1.33 bits per heavy atom. The van der Waals surface area contributed by atoms with Crippen LogP contribution in [0.4, 0.5) is 5.82 Å². The molecule has 0 aliphatic carbocycles. The van der Waals surface area contributed by atoms with Crippen molar-refractivity contribution in [3.05, 3.63) is 41.4 Å². The van der Waals surface area contributed by atoms with Crippen molar-refractivity contribution in [1.82, 2.24) is 15.5 Å². The molecule has 1 fully saturated rings. The summed E-state index contributed by atoms with van der Waals surface area (Å²) in [7, 11) is 0. The predicted molar refractivity (Wildman–Crippen MR) is 93.1 cm³/mol. The highest BCUT2D eigenvalue weighted by Crippen LogP contribution is 2.26. The quantitative estimate of drug-likeness (QED) is 0.918. The van der Waals surface area contributed by atoms with Crippen LogP contribution in [0.15, 0.2) is 36.4 Å². The molecule has 2 aromatic rings. The zero-order valence-electron chi connectivity index (χ0n) is 13.4. The van der Waals surface area contributed by atoms with E-state index < -0.39 is 0 Å². The number of nitrogens with zero attached hydrogens (tertiary/aromatic N) is 3. The van der Waals surface area contributed by atoms with Gasteiger partial charge in [-0.1, -0.05) is 29.8 Å². The SMILES string of the molecule is CC(=O)NCC1CN(c2ccc(-c3ccccc3Cl)nn2)CCO1. The first-order chi connectivity index (χ1) is 11.6. The van der Waals surface area contributed by atoms with E-state index in [1.807, 2.05) is 36.4 Å². The number of morpholine rings is 1. The highest BCUT2D eigenvalue weighted by atomic mass is 35.5. The molecule has 6 nitrogen and oxygen atoms in total. The Labute approximate surface area is 145 Å². The topological polar surface area (TPSA) is 67.4 Å². The van der Waals surface area contributed by atoms with Crippen LogP contribution in [0.25, 0.3) is 11.3 Å². The molecule has 0 saturated carbocycles. The van der Waals surface area contributed by atoms with Gasteiger partial charge in [-0.25, -0.2) is 0 Å². The second-order valence-corrected chi connectivity index (χ2v) is 6.04. The molecule has 2 heterocycles. The summed E-state index contributed by atoms with van der Waals surface area (Å²) in [6.07, 6.45) is -0.0484. The van der Waals surface area contributed by atoms with Gasteiger partial charge in [0, 0.05) is 32.1 Å². The van der Waals surface area contributed by atoms with E-state index in [9.17, 15) is 4.79 Å². The van der Waals surface area contributed by atoms with E-state index in [4.69, 9.17) is 16.3 Å². The molecule has 0 spiro atoms. The van der Waals surface area contributed by atoms with Crippen molar-refractivity contribution in [2.45, 2.75) is 13.0 Å². The Hall–Kier alpha value is -2.18. The molecule has 1 aliphatic rings. The zero-order chi connectivity index (χ0) is 16.9. The van der Waals surface area contributed by atoms with Gasteiger partial charge in [0.1, 0.15) is 0 Å². The van der Waals surface area contributed by atoms with E-state index >= 15 is 0 Å². The molecule has 1 atom stereocenters. The molecule has 1 amide bonds. The van der Waals surface area contributed by atoms with Crippen molar-refractivity contribution in [3.8, 4) is 11.3 Å². The van der Waals surface area contributed by atoms with Gasteiger partial charge >= 0.3 is 0 Å². The Kier molecular flexibility index (Phi) is 5.27. The van der Waals surface area contributed by atoms with Crippen LogP contribution < -0.4 is 10.2 Å². The molecule has 7 heteroatoms. The fourth-order valence-corrected chi connectivity index (χ4v) is 2.85. The van der Waals surface area contributed by atoms with Crippen LogP contribution >= 0.6 is 11.6 Å². The molecule has 24 heavy (non-hydrogen) atoms. The highest BCUT2D eigenvalue weighted by Gasteiger charge is 2.22. The van der Waals surface area contributed by atoms with Crippen LogP contribution in [0.1, 0.15) is 6.92 Å². The number of rotatable bonds is 4. The minimum atomic E-state index is -0.0559. The zero-order valence-corrected chi connectivity index (χ0v) is 14.2. The first kappa shape index (κ1) is 16.7. The van der Waals surface area contributed by atoms with Crippen molar-refractivity contribution < 1.29 is 9.53 Å². The number of carbonyl (C=O) groups is 1. The van der Waals surface area contributed by atoms with Crippen molar-refractivity contribution in [3.63, 3.8) is 0 Å². The number of aromatic nitrogens is 2. The Morgan fingerprint density at radius 3 is 2.88 bits per heavy atom. The number of hydrogen-bond donors (Lipinski definition) is 1. The lowest BCUT2D eigenvalue weighted by molar-refractivity contribution is -0.119. The maximum Gasteiger partial charge on any atom is 0.216 e. The molecule has 1 aromatic heterocycles. The Balaban J connectivity index is 1.69. The maximum atomic E-state index is 11.0. The lowest BCUT2D eigenvalue weighted by Crippen LogP contribution is -2.47. The fraction of sp³-hybridized carbons (Fsp3) is 0.353. The van der Waals surface area contributed by atoms with Crippen LogP contribution in [0.2, 0.25) is 5.02 Å². The second-order valence-electron chi connectivity index (χ2n) is 5.63. The van der Waals surface area contributed by atoms with Crippen LogP contribution in [0.3, 0.4) is 0 Å². The normalized spacial score (nSPS) is 17.6. The summed E-state index contributed by atoms with van der Waals surface area (Å²) < 4.78 is 5.67. The summed E-state index contributed by atoms with van der Waals surface area (Å²) in [5.74, 6) is 0.738. The lowest BCUT2D eigenvalue weighted by atomic mass is 10.1. The molecular weight excluding hydrogens is 328 g/mol. The average Bonchev–Trinajstić information content (AvgIpc) is 2.61. The van der Waals surface area contributed by atoms with E-state index in [-0.39, 0.29) is 12.0 Å². The minimum absolute atomic E-state index is 0.0484. The van der Waals surface area contributed by atoms with Gasteiger partial charge in [0.15, 0.2) is 5.82 Å². The van der Waals surface area contributed by atoms with E-state index in [1.54, 1.807) is 0 Å². The molecule has 0 radical (unpaired) electrons. The van der Waals surface area contributed by atoms with E-state index in [1.165, 1.54) is 6.92 Å². The first-order valence-electron chi connectivity index (χ1n) is 7.83. The molecule has 126 valence electrons. The smallest absolute Gasteiger partial charge is 0.216 e. The standard InChI is InChI=1S/C17H19ClN4O2/c1-12(23)19-10-13-11-22(8-9-24-13)17-7-6-16(20-21-17)14-4-2-3-5-15(14)18/h2-7,13H,8-11H2,1H3,(H,19,23). The van der Waals surface area contributed by atoms with Gasteiger partial charge < -0.3 is 15.0 Å². The number of carbonyl (C=O) groups excluding carboxylic acids is 1. The largest absolute Gasteiger partial charge is 0.373 e. The Bertz CT molecular complexity index is 708. The minimum Gasteiger partial charge on any atom is -0.373 e. The van der Waals surface area contributed by atoms with Gasteiger partial charge in [0.2, 0.25) is 5.91 Å². The monoisotopic (exact) mass is 346 g/mol. The number of hydrogen-bond acceptors (Lipinski definition) is 5. The molecule has 1 unspecified atom stereocenters. The third-order valence-electron chi connectivity index (χ3n) is 3.84. The molecule has 1 saturated heterocycles. The number of anilines is 1. The molecule has 3 rings (SSSR count). The van der Waals surface area contributed by atoms with Crippen LogP contribution in [0.5, 0.6) is 0 Å². The van der Waals surface area contributed by atoms with E-state index in [0.29, 0.717) is 24.7 Å². The first-order valence-corrected chi connectivity index (χ1v) is 8.21. The number of ether oxygens (including phenoxy) is 1. The van der Waals surface area contributed by atoms with Gasteiger partial charge in [-0.2, -0.15) is 0 Å². The summed E-state index contributed by atoms with van der Waals surface area (Å²) in [6, 6.07) is 11.4. The summed E-state index contributed by atoms with van der Waals surface area (Å²) >= 11 is 6.20. The molecule has 1 N–H and O–H groups in total. The summed E-state index contributed by atoms with van der Waals surface area (Å²) in [5, 5.41) is 12.1. The summed E-state index contributed by atoms with van der Waals surface area (Å²) in [4.78, 5) is 13.1. The lowest BCUT2D eigenvalue weighted by Gasteiger charge is -2.33. The van der Waals surface area contributed by atoms with E-state index in [0.717, 1.165) is 23.6 Å². The van der Waals surface area contributed by atoms with Crippen molar-refractivity contribution in [1.29, 1.82) is 0 Å². The van der Waals surface area contributed by atoms with Crippen LogP contribution in [-0.4, -0.2) is 48.4 Å². The number of benzene rings is 1. The summed E-state index contributed by atoms with van der Waals surface area (Å²) in [5.41, 5.74) is 1.61. The highest BCUT2D eigenvalue weighted by molar-refractivity contribution is 6.33. The van der Waals surface area contributed by atoms with Gasteiger partial charge in [-0.05, 0) is 18.2 Å². The van der Waals surface area contributed by atoms with Crippen molar-refractivity contribution in [2.24, 2.45) is 0 Å². The number of nitrogens with one attached hydrogen (secondary N) is 1. The molecular formula is C17H19ClN4O2. The number of amides is 1. The summed E-state index contributed by atoms with van der Waals surface area (Å²) in [6.45, 7) is 4.01. The van der Waals surface area contributed by atoms with Gasteiger partial charge in [0.05, 0.1) is 23.4 Å². The van der Waals surface area contributed by atoms with E-state index in [2.05, 4.69) is 20.4 Å². The van der Waals surface area contributed by atoms with Crippen molar-refractivity contribution >= 4 is 23.3 Å². The fourth-order valence-electron chi connectivity index (χ4n) is 2.61. The second kappa shape index (κ2) is 7.59. The van der Waals surface area contributed by atoms with Gasteiger partial charge in [-0.15, -0.1) is 10.2 Å².